The number of benzene rings is 1. The number of amides is 1. The Balaban J connectivity index is 1.54. The molecule has 0 fully saturated rings. The van der Waals surface area contributed by atoms with Crippen LogP contribution in [0.15, 0.2) is 48.8 Å². The Morgan fingerprint density at radius 2 is 2.00 bits per heavy atom. The van der Waals surface area contributed by atoms with Crippen molar-refractivity contribution in [3.63, 3.8) is 0 Å². The SMILES string of the molecule is Cc1ncc(C(=O)NCc2cc(OC(F)(F)F)ccc2F)cc1-c1ccn2nc(N)nc2c1. The second-order valence-electron chi connectivity index (χ2n) is 7.03. The van der Waals surface area contributed by atoms with Gasteiger partial charge in [-0.3, -0.25) is 9.78 Å². The number of alkyl halides is 3. The fourth-order valence-electron chi connectivity index (χ4n) is 3.18. The van der Waals surface area contributed by atoms with E-state index in [4.69, 9.17) is 5.73 Å². The summed E-state index contributed by atoms with van der Waals surface area (Å²) >= 11 is 0. The van der Waals surface area contributed by atoms with Crippen molar-refractivity contribution in [1.82, 2.24) is 24.9 Å². The van der Waals surface area contributed by atoms with Gasteiger partial charge in [-0.05, 0) is 48.9 Å². The zero-order chi connectivity index (χ0) is 23.8. The number of nitrogen functional groups attached to an aromatic ring is 1. The van der Waals surface area contributed by atoms with Crippen molar-refractivity contribution in [1.29, 1.82) is 0 Å². The molecule has 4 aromatic rings. The number of pyridine rings is 2. The average molecular weight is 460 g/mol. The van der Waals surface area contributed by atoms with Crippen molar-refractivity contribution < 1.29 is 27.1 Å². The van der Waals surface area contributed by atoms with E-state index >= 15 is 0 Å². The summed E-state index contributed by atoms with van der Waals surface area (Å²) in [4.78, 5) is 21.0. The molecule has 0 saturated carbocycles. The van der Waals surface area contributed by atoms with E-state index in [1.165, 1.54) is 10.7 Å². The minimum Gasteiger partial charge on any atom is -0.406 e. The van der Waals surface area contributed by atoms with Gasteiger partial charge in [0, 0.05) is 35.8 Å². The number of nitrogens with two attached hydrogens (primary N) is 1. The van der Waals surface area contributed by atoms with Gasteiger partial charge in [0.1, 0.15) is 11.6 Å². The molecule has 0 spiro atoms. The number of nitrogens with one attached hydrogen (secondary N) is 1. The third kappa shape index (κ3) is 5.00. The van der Waals surface area contributed by atoms with Gasteiger partial charge >= 0.3 is 6.36 Å². The molecule has 0 unspecified atom stereocenters. The Hall–Kier alpha value is -4.22. The van der Waals surface area contributed by atoms with Gasteiger partial charge in [0.25, 0.3) is 5.91 Å². The van der Waals surface area contributed by atoms with Gasteiger partial charge in [0.05, 0.1) is 5.56 Å². The summed E-state index contributed by atoms with van der Waals surface area (Å²) in [5.74, 6) is -1.84. The number of nitrogens with zero attached hydrogens (tertiary/aromatic N) is 4. The molecular weight excluding hydrogens is 444 g/mol. The van der Waals surface area contributed by atoms with E-state index in [2.05, 4.69) is 25.1 Å². The average Bonchev–Trinajstić information content (AvgIpc) is 3.12. The van der Waals surface area contributed by atoms with Crippen LogP contribution in [0, 0.1) is 12.7 Å². The Labute approximate surface area is 184 Å². The first kappa shape index (κ1) is 22.0. The van der Waals surface area contributed by atoms with Crippen molar-refractivity contribution in [2.24, 2.45) is 0 Å². The molecule has 3 aromatic heterocycles. The number of rotatable bonds is 5. The van der Waals surface area contributed by atoms with Crippen LogP contribution in [0.25, 0.3) is 16.8 Å². The number of carbonyl (C=O) groups excluding carboxylic acids is 1. The molecule has 0 atom stereocenters. The quantitative estimate of drug-likeness (QED) is 0.441. The third-order valence-electron chi connectivity index (χ3n) is 4.70. The van der Waals surface area contributed by atoms with Gasteiger partial charge in [-0.1, -0.05) is 0 Å². The third-order valence-corrected chi connectivity index (χ3v) is 4.70. The number of halogens is 4. The number of carbonyl (C=O) groups is 1. The smallest absolute Gasteiger partial charge is 0.406 e. The summed E-state index contributed by atoms with van der Waals surface area (Å²) in [7, 11) is 0. The van der Waals surface area contributed by atoms with Crippen molar-refractivity contribution >= 4 is 17.5 Å². The van der Waals surface area contributed by atoms with Gasteiger partial charge in [0.2, 0.25) is 5.95 Å². The Morgan fingerprint density at radius 1 is 1.21 bits per heavy atom. The summed E-state index contributed by atoms with van der Waals surface area (Å²) in [6.45, 7) is 1.41. The number of ether oxygens (including phenoxy) is 1. The van der Waals surface area contributed by atoms with Gasteiger partial charge < -0.3 is 15.8 Å². The summed E-state index contributed by atoms with van der Waals surface area (Å²) in [5, 5.41) is 6.48. The molecule has 1 aromatic carbocycles. The van der Waals surface area contributed by atoms with Crippen molar-refractivity contribution in [3.8, 4) is 16.9 Å². The molecular formula is C21H16F4N6O2. The zero-order valence-electron chi connectivity index (χ0n) is 17.0. The molecule has 3 N–H and O–H groups in total. The normalized spacial score (nSPS) is 11.5. The Bertz CT molecular complexity index is 1350. The molecule has 12 heteroatoms. The highest BCUT2D eigenvalue weighted by Crippen LogP contribution is 2.26. The highest BCUT2D eigenvalue weighted by Gasteiger charge is 2.31. The molecule has 0 saturated heterocycles. The first-order chi connectivity index (χ1) is 15.6. The predicted octanol–water partition coefficient (Wildman–Crippen LogP) is 3.65. The molecule has 8 nitrogen and oxygen atoms in total. The maximum atomic E-state index is 14.0. The highest BCUT2D eigenvalue weighted by atomic mass is 19.4. The summed E-state index contributed by atoms with van der Waals surface area (Å²) in [6.07, 6.45) is -1.90. The first-order valence-corrected chi connectivity index (χ1v) is 9.50. The summed E-state index contributed by atoms with van der Waals surface area (Å²) < 4.78 is 56.5. The van der Waals surface area contributed by atoms with Crippen molar-refractivity contribution in [2.45, 2.75) is 19.8 Å². The number of fused-ring (bicyclic) bond motifs is 1. The van der Waals surface area contributed by atoms with Gasteiger partial charge in [0.15, 0.2) is 5.65 Å². The first-order valence-electron chi connectivity index (χ1n) is 9.50. The molecule has 1 amide bonds. The van der Waals surface area contributed by atoms with E-state index in [-0.39, 0.29) is 23.6 Å². The van der Waals surface area contributed by atoms with E-state index in [1.807, 2.05) is 0 Å². The van der Waals surface area contributed by atoms with E-state index in [1.54, 1.807) is 31.3 Å². The lowest BCUT2D eigenvalue weighted by Crippen LogP contribution is -2.24. The minimum atomic E-state index is -4.91. The van der Waals surface area contributed by atoms with Crippen LogP contribution in [-0.4, -0.2) is 31.9 Å². The molecule has 0 radical (unpaired) electrons. The van der Waals surface area contributed by atoms with Gasteiger partial charge in [-0.25, -0.2) is 8.91 Å². The van der Waals surface area contributed by atoms with Gasteiger partial charge in [-0.2, -0.15) is 4.98 Å². The molecule has 170 valence electrons. The van der Waals surface area contributed by atoms with E-state index in [0.29, 0.717) is 16.9 Å². The second-order valence-corrected chi connectivity index (χ2v) is 7.03. The standard InChI is InChI=1S/C21H16F4N6O2/c1-11-16(12-4-5-31-18(8-12)29-20(26)30-31)7-14(10-27-11)19(32)28-9-13-6-15(2-3-17(13)22)33-21(23,24)25/h2-8,10H,9H2,1H3,(H2,26,30)(H,28,32). The molecule has 33 heavy (non-hydrogen) atoms. The van der Waals surface area contributed by atoms with Crippen LogP contribution >= 0.6 is 0 Å². The topological polar surface area (TPSA) is 107 Å². The summed E-state index contributed by atoms with van der Waals surface area (Å²) in [5.41, 5.74) is 8.15. The number of aryl methyl sites for hydroxylation is 1. The van der Waals surface area contributed by atoms with Crippen LogP contribution in [0.3, 0.4) is 0 Å². The van der Waals surface area contributed by atoms with E-state index in [9.17, 15) is 22.4 Å². The molecule has 0 bridgehead atoms. The highest BCUT2D eigenvalue weighted by molar-refractivity contribution is 5.95. The van der Waals surface area contributed by atoms with Crippen LogP contribution in [0.4, 0.5) is 23.5 Å². The van der Waals surface area contributed by atoms with Crippen LogP contribution < -0.4 is 15.8 Å². The second kappa shape index (κ2) is 8.37. The van der Waals surface area contributed by atoms with Crippen LogP contribution in [-0.2, 0) is 6.54 Å². The monoisotopic (exact) mass is 460 g/mol. The van der Waals surface area contributed by atoms with E-state index in [0.717, 1.165) is 23.8 Å². The largest absolute Gasteiger partial charge is 0.573 e. The molecule has 3 heterocycles. The maximum absolute atomic E-state index is 14.0. The fourth-order valence-corrected chi connectivity index (χ4v) is 3.18. The molecule has 0 aliphatic heterocycles. The van der Waals surface area contributed by atoms with Crippen LogP contribution in [0.1, 0.15) is 21.6 Å². The van der Waals surface area contributed by atoms with Crippen molar-refractivity contribution in [3.05, 3.63) is 71.4 Å². The predicted molar refractivity (Wildman–Crippen MR) is 110 cm³/mol. The zero-order valence-corrected chi connectivity index (χ0v) is 17.0. The lowest BCUT2D eigenvalue weighted by molar-refractivity contribution is -0.274. The lowest BCUT2D eigenvalue weighted by Gasteiger charge is -2.12. The number of anilines is 1. The molecule has 0 aliphatic carbocycles. The maximum Gasteiger partial charge on any atom is 0.573 e. The van der Waals surface area contributed by atoms with Crippen LogP contribution in [0.5, 0.6) is 5.75 Å². The van der Waals surface area contributed by atoms with Crippen molar-refractivity contribution in [2.75, 3.05) is 5.73 Å². The number of hydrogen-bond donors (Lipinski definition) is 2. The van der Waals surface area contributed by atoms with E-state index < -0.39 is 23.8 Å². The Morgan fingerprint density at radius 3 is 2.76 bits per heavy atom. The van der Waals surface area contributed by atoms with Gasteiger partial charge in [-0.15, -0.1) is 18.3 Å². The fraction of sp³-hybridized carbons (Fsp3) is 0.143. The summed E-state index contributed by atoms with van der Waals surface area (Å²) in [6, 6.07) is 7.65. The van der Waals surface area contributed by atoms with Crippen LogP contribution in [0.2, 0.25) is 0 Å². The number of aromatic nitrogens is 4. The minimum absolute atomic E-state index is 0.118. The lowest BCUT2D eigenvalue weighted by atomic mass is 10.0. The number of hydrogen-bond acceptors (Lipinski definition) is 6. The molecule has 0 aliphatic rings. The Kier molecular flexibility index (Phi) is 5.58. The molecule has 4 rings (SSSR count).